The van der Waals surface area contributed by atoms with E-state index >= 15 is 0 Å². The van der Waals surface area contributed by atoms with Crippen molar-refractivity contribution in [1.82, 2.24) is 9.55 Å². The maximum atomic E-state index is 12.8. The first-order valence-electron chi connectivity index (χ1n) is 13.3. The molecule has 1 aromatic heterocycles. The van der Waals surface area contributed by atoms with Gasteiger partial charge in [0.1, 0.15) is 11.8 Å². The molecule has 0 aromatic carbocycles. The number of aryl methyl sites for hydroxylation is 1. The van der Waals surface area contributed by atoms with Crippen LogP contribution in [0, 0.1) is 18.8 Å². The van der Waals surface area contributed by atoms with Crippen molar-refractivity contribution in [3.63, 3.8) is 0 Å². The lowest BCUT2D eigenvalue weighted by atomic mass is 9.82. The highest BCUT2D eigenvalue weighted by molar-refractivity contribution is 6.83. The van der Waals surface area contributed by atoms with Gasteiger partial charge in [0.05, 0.1) is 13.2 Å². The Kier molecular flexibility index (Phi) is 8.49. The summed E-state index contributed by atoms with van der Waals surface area (Å²) >= 11 is 0. The molecule has 3 rings (SSSR count). The van der Waals surface area contributed by atoms with Crippen LogP contribution in [0.15, 0.2) is 28.4 Å². The number of rotatable bonds is 6. The van der Waals surface area contributed by atoms with Crippen molar-refractivity contribution < 1.29 is 17.7 Å². The molecule has 8 nitrogen and oxygen atoms in total. The number of hydrogen-bond acceptors (Lipinski definition) is 6. The monoisotopic (exact) mass is 538 g/mol. The Morgan fingerprint density at radius 3 is 1.89 bits per heavy atom. The molecular formula is C26H46N2O6Si2. The Labute approximate surface area is 217 Å². The zero-order valence-corrected chi connectivity index (χ0v) is 25.7. The summed E-state index contributed by atoms with van der Waals surface area (Å²) < 4.78 is 29.5. The molecule has 0 amide bonds. The lowest BCUT2D eigenvalue weighted by molar-refractivity contribution is -0.140. The number of nitrogens with zero attached hydrogens (tertiary/aromatic N) is 1. The van der Waals surface area contributed by atoms with Gasteiger partial charge in [0.2, 0.25) is 0 Å². The molecule has 1 aromatic rings. The summed E-state index contributed by atoms with van der Waals surface area (Å²) in [5.41, 5.74) is -0.368. The Morgan fingerprint density at radius 2 is 1.47 bits per heavy atom. The summed E-state index contributed by atoms with van der Waals surface area (Å²) in [5, 5.41) is 0. The van der Waals surface area contributed by atoms with Crippen LogP contribution in [0.1, 0.15) is 74.1 Å². The molecule has 3 heterocycles. The van der Waals surface area contributed by atoms with E-state index in [9.17, 15) is 9.59 Å². The molecule has 36 heavy (non-hydrogen) atoms. The van der Waals surface area contributed by atoms with Gasteiger partial charge >= 0.3 is 22.8 Å². The SMILES string of the molecule is C=CC1[C@H](n2cc(C)c(=O)[nH]c2=O)OC2(CO[Si](C(C)C)(C(C)C)O[Si](C(C)C)(C(C)C)OC2)[C@@H]1C. The fourth-order valence-electron chi connectivity index (χ4n) is 5.98. The van der Waals surface area contributed by atoms with E-state index in [4.69, 9.17) is 17.7 Å². The topological polar surface area (TPSA) is 91.8 Å². The van der Waals surface area contributed by atoms with E-state index < -0.39 is 40.2 Å². The molecule has 204 valence electrons. The Balaban J connectivity index is 2.16. The van der Waals surface area contributed by atoms with Gasteiger partial charge in [-0.25, -0.2) is 4.79 Å². The van der Waals surface area contributed by atoms with E-state index in [2.05, 4.69) is 73.9 Å². The zero-order chi connectivity index (χ0) is 27.2. The summed E-state index contributed by atoms with van der Waals surface area (Å²) in [5.74, 6) is -0.224. The molecule has 2 aliphatic heterocycles. The zero-order valence-electron chi connectivity index (χ0n) is 23.7. The van der Waals surface area contributed by atoms with Gasteiger partial charge in [-0.1, -0.05) is 68.4 Å². The lowest BCUT2D eigenvalue weighted by Crippen LogP contribution is -2.66. The predicted molar refractivity (Wildman–Crippen MR) is 147 cm³/mol. The van der Waals surface area contributed by atoms with Crippen molar-refractivity contribution in [2.45, 2.75) is 103 Å². The third-order valence-electron chi connectivity index (χ3n) is 8.41. The summed E-state index contributed by atoms with van der Waals surface area (Å²) in [4.78, 5) is 27.3. The highest BCUT2D eigenvalue weighted by atomic mass is 28.5. The smallest absolute Gasteiger partial charge is 0.334 e. The molecule has 1 unspecified atom stereocenters. The maximum absolute atomic E-state index is 12.8. The largest absolute Gasteiger partial charge is 0.414 e. The minimum atomic E-state index is -2.75. The molecule has 0 radical (unpaired) electrons. The van der Waals surface area contributed by atoms with Gasteiger partial charge in [-0.05, 0) is 29.1 Å². The third kappa shape index (κ3) is 4.69. The van der Waals surface area contributed by atoms with Crippen LogP contribution in [0.25, 0.3) is 0 Å². The fraction of sp³-hybridized carbons (Fsp3) is 0.769. The summed E-state index contributed by atoms with van der Waals surface area (Å²) in [7, 11) is -5.50. The fourth-order valence-corrected chi connectivity index (χ4v) is 17.2. The normalized spacial score (nSPS) is 27.7. The quantitative estimate of drug-likeness (QED) is 0.398. The maximum Gasteiger partial charge on any atom is 0.334 e. The van der Waals surface area contributed by atoms with Gasteiger partial charge in [-0.3, -0.25) is 14.3 Å². The molecule has 1 N–H and O–H groups in total. The van der Waals surface area contributed by atoms with Crippen LogP contribution >= 0.6 is 0 Å². The van der Waals surface area contributed by atoms with Crippen molar-refractivity contribution in [1.29, 1.82) is 0 Å². The molecule has 0 saturated carbocycles. The molecular weight excluding hydrogens is 492 g/mol. The summed E-state index contributed by atoms with van der Waals surface area (Å²) in [6.45, 7) is 26.0. The van der Waals surface area contributed by atoms with Crippen LogP contribution in [0.5, 0.6) is 0 Å². The first-order chi connectivity index (χ1) is 16.7. The van der Waals surface area contributed by atoms with Crippen LogP contribution in [0.3, 0.4) is 0 Å². The number of aromatic nitrogens is 2. The first-order valence-corrected chi connectivity index (χ1v) is 17.2. The van der Waals surface area contributed by atoms with Crippen LogP contribution in [0.4, 0.5) is 0 Å². The highest BCUT2D eigenvalue weighted by Gasteiger charge is 2.62. The van der Waals surface area contributed by atoms with Gasteiger partial charge in [0, 0.05) is 23.6 Å². The molecule has 3 atom stereocenters. The van der Waals surface area contributed by atoms with Crippen molar-refractivity contribution in [2.24, 2.45) is 11.8 Å². The van der Waals surface area contributed by atoms with Crippen molar-refractivity contribution in [3.05, 3.63) is 45.3 Å². The minimum Gasteiger partial charge on any atom is -0.414 e. The standard InChI is InChI=1S/C26H46N2O6Si2/c1-12-22-21(11)26(33-24(22)28-13-20(10)23(29)27-25(28)30)14-31-35(16(2)3,17(4)5)34-36(18(6)7,19(8)9)32-15-26/h12-13,16-19,21-22,24H,1,14-15H2,2-11H3,(H,27,29,30)/t21-,22?,24-/m1/s1. The van der Waals surface area contributed by atoms with E-state index in [0.29, 0.717) is 18.8 Å². The first kappa shape index (κ1) is 29.3. The Morgan fingerprint density at radius 1 is 1.00 bits per heavy atom. The van der Waals surface area contributed by atoms with Gasteiger partial charge in [-0.15, -0.1) is 6.58 Å². The molecule has 10 heteroatoms. The number of hydrogen-bond donors (Lipinski definition) is 1. The van der Waals surface area contributed by atoms with Gasteiger partial charge in [0.15, 0.2) is 0 Å². The highest BCUT2D eigenvalue weighted by Crippen LogP contribution is 2.51. The number of ether oxygens (including phenoxy) is 1. The Hall–Kier alpha value is -1.31. The van der Waals surface area contributed by atoms with E-state index in [1.807, 2.05) is 6.08 Å². The van der Waals surface area contributed by atoms with E-state index in [0.717, 1.165) is 0 Å². The Bertz CT molecular complexity index is 1020. The summed E-state index contributed by atoms with van der Waals surface area (Å²) in [6.07, 6.45) is 2.79. The minimum absolute atomic E-state index is 0.0470. The second-order valence-electron chi connectivity index (χ2n) is 11.9. The summed E-state index contributed by atoms with van der Waals surface area (Å²) in [6, 6.07) is 0. The second kappa shape index (κ2) is 10.5. The van der Waals surface area contributed by atoms with E-state index in [-0.39, 0.29) is 34.0 Å². The van der Waals surface area contributed by atoms with Crippen molar-refractivity contribution in [2.75, 3.05) is 13.2 Å². The van der Waals surface area contributed by atoms with Crippen molar-refractivity contribution >= 4 is 17.1 Å². The van der Waals surface area contributed by atoms with Crippen LogP contribution in [-0.2, 0) is 17.7 Å². The molecule has 2 saturated heterocycles. The van der Waals surface area contributed by atoms with Gasteiger partial charge in [0.25, 0.3) is 5.56 Å². The molecule has 0 aliphatic carbocycles. The average molecular weight is 539 g/mol. The molecule has 2 fully saturated rings. The van der Waals surface area contributed by atoms with E-state index in [1.165, 1.54) is 4.57 Å². The second-order valence-corrected chi connectivity index (χ2v) is 20.8. The molecule has 2 aliphatic rings. The van der Waals surface area contributed by atoms with Crippen LogP contribution in [0.2, 0.25) is 22.2 Å². The average Bonchev–Trinajstić information content (AvgIpc) is 3.05. The predicted octanol–water partition coefficient (Wildman–Crippen LogP) is 5.14. The number of aromatic amines is 1. The lowest BCUT2D eigenvalue weighted by Gasteiger charge is -2.52. The number of nitrogens with one attached hydrogen (secondary N) is 1. The van der Waals surface area contributed by atoms with Crippen LogP contribution in [-0.4, -0.2) is 45.5 Å². The van der Waals surface area contributed by atoms with E-state index in [1.54, 1.807) is 13.1 Å². The molecule has 0 bridgehead atoms. The third-order valence-corrected chi connectivity index (χ3v) is 18.6. The van der Waals surface area contributed by atoms with Crippen LogP contribution < -0.4 is 11.2 Å². The van der Waals surface area contributed by atoms with Crippen molar-refractivity contribution in [3.8, 4) is 0 Å². The molecule has 1 spiro atoms. The number of H-pyrrole nitrogens is 1. The van der Waals surface area contributed by atoms with Gasteiger partial charge in [-0.2, -0.15) is 0 Å². The van der Waals surface area contributed by atoms with Gasteiger partial charge < -0.3 is 17.7 Å².